The smallest absolute Gasteiger partial charge is 0.307 e. The van der Waals surface area contributed by atoms with Crippen molar-refractivity contribution in [2.24, 2.45) is 5.10 Å². The number of non-ortho nitro benzene ring substituents is 1. The predicted molar refractivity (Wildman–Crippen MR) is 140 cm³/mol. The fourth-order valence-corrected chi connectivity index (χ4v) is 5.13. The number of fused-ring (bicyclic) bond motifs is 2. The molecule has 0 fully saturated rings. The Balaban J connectivity index is 1.57. The number of nitro groups is 1. The third kappa shape index (κ3) is 4.65. The number of furan rings is 1. The van der Waals surface area contributed by atoms with E-state index >= 15 is 0 Å². The Bertz CT molecular complexity index is 1360. The molecule has 0 radical (unpaired) electrons. The Kier molecular flexibility index (Phi) is 6.75. The number of anilines is 1. The topological polar surface area (TPSA) is 110 Å². The highest BCUT2D eigenvalue weighted by atomic mass is 16.6. The van der Waals surface area contributed by atoms with Crippen LogP contribution in [0.2, 0.25) is 0 Å². The number of amides is 1. The second kappa shape index (κ2) is 9.64. The normalized spacial score (nSPS) is 16.8. The summed E-state index contributed by atoms with van der Waals surface area (Å²) >= 11 is 0. The molecule has 9 nitrogen and oxygen atoms in total. The number of ether oxygens (including phenoxy) is 1. The molecule has 190 valence electrons. The summed E-state index contributed by atoms with van der Waals surface area (Å²) in [7, 11) is 1.38. The SMILES string of the molecule is CCCN1c2cc(C)c(/C=N\NC(=O)c3cc4cc([N+](=O)[O-])cc(OC)c4o3)cc2C(C)CC1(C)C. The van der Waals surface area contributed by atoms with E-state index in [9.17, 15) is 14.9 Å². The number of methoxy groups -OCH3 is 1. The standard InChI is InChI=1S/C27H32N4O5/c1-7-8-30-22-9-16(2)19(11-21(22)17(3)14-27(30,4)5)15-28-29-26(32)24-12-18-10-20(31(33)34)13-23(35-6)25(18)36-24/h9-13,15,17H,7-8,14H2,1-6H3,(H,29,32)/b28-15-. The van der Waals surface area contributed by atoms with Gasteiger partial charge in [0.15, 0.2) is 17.1 Å². The van der Waals surface area contributed by atoms with Crippen molar-refractivity contribution in [3.05, 3.63) is 62.9 Å². The minimum Gasteiger partial charge on any atom is -0.493 e. The number of nitro benzene ring substituents is 1. The Hall–Kier alpha value is -3.88. The van der Waals surface area contributed by atoms with Crippen molar-refractivity contribution in [2.45, 2.75) is 58.9 Å². The molecule has 2 heterocycles. The molecule has 0 spiro atoms. The Labute approximate surface area is 210 Å². The summed E-state index contributed by atoms with van der Waals surface area (Å²) in [5.74, 6) is 0.00191. The van der Waals surface area contributed by atoms with E-state index in [-0.39, 0.29) is 28.3 Å². The van der Waals surface area contributed by atoms with Crippen molar-refractivity contribution in [1.29, 1.82) is 0 Å². The van der Waals surface area contributed by atoms with Crippen molar-refractivity contribution in [3.63, 3.8) is 0 Å². The van der Waals surface area contributed by atoms with Gasteiger partial charge in [0.05, 0.1) is 24.3 Å². The second-order valence-corrected chi connectivity index (χ2v) is 9.97. The molecule has 4 rings (SSSR count). The molecule has 1 aliphatic rings. The molecule has 0 bridgehead atoms. The summed E-state index contributed by atoms with van der Waals surface area (Å²) < 4.78 is 10.8. The van der Waals surface area contributed by atoms with Gasteiger partial charge >= 0.3 is 5.91 Å². The molecular weight excluding hydrogens is 460 g/mol. The molecule has 1 aliphatic heterocycles. The maximum Gasteiger partial charge on any atom is 0.307 e. The summed E-state index contributed by atoms with van der Waals surface area (Å²) in [6.07, 6.45) is 3.77. The van der Waals surface area contributed by atoms with E-state index in [0.717, 1.165) is 30.5 Å². The Morgan fingerprint density at radius 2 is 2.08 bits per heavy atom. The van der Waals surface area contributed by atoms with Crippen LogP contribution in [-0.2, 0) is 0 Å². The molecule has 1 unspecified atom stereocenters. The number of benzene rings is 2. The molecule has 0 saturated heterocycles. The molecular formula is C27H32N4O5. The lowest BCUT2D eigenvalue weighted by atomic mass is 9.79. The largest absolute Gasteiger partial charge is 0.493 e. The number of carbonyl (C=O) groups is 1. The number of hydrogen-bond acceptors (Lipinski definition) is 7. The first-order valence-corrected chi connectivity index (χ1v) is 12.1. The molecule has 1 N–H and O–H groups in total. The van der Waals surface area contributed by atoms with Gasteiger partial charge in [-0.05, 0) is 74.4 Å². The molecule has 2 aromatic carbocycles. The van der Waals surface area contributed by atoms with Crippen molar-refractivity contribution >= 4 is 34.5 Å². The molecule has 0 saturated carbocycles. The number of nitrogens with zero attached hydrogens (tertiary/aromatic N) is 3. The van der Waals surface area contributed by atoms with Gasteiger partial charge in [0.1, 0.15) is 0 Å². The third-order valence-electron chi connectivity index (χ3n) is 6.81. The van der Waals surface area contributed by atoms with E-state index in [2.05, 4.69) is 55.3 Å². The number of carbonyl (C=O) groups excluding carboxylic acids is 1. The lowest BCUT2D eigenvalue weighted by molar-refractivity contribution is -0.384. The molecule has 3 aromatic rings. The van der Waals surface area contributed by atoms with Crippen LogP contribution < -0.4 is 15.1 Å². The number of nitrogens with one attached hydrogen (secondary N) is 1. The van der Waals surface area contributed by atoms with Crippen LogP contribution in [0.4, 0.5) is 11.4 Å². The van der Waals surface area contributed by atoms with E-state index in [1.54, 1.807) is 6.21 Å². The van der Waals surface area contributed by atoms with Gasteiger partial charge in [-0.1, -0.05) is 13.8 Å². The van der Waals surface area contributed by atoms with Crippen molar-refractivity contribution < 1.29 is 18.9 Å². The predicted octanol–water partition coefficient (Wildman–Crippen LogP) is 5.92. The van der Waals surface area contributed by atoms with Crippen LogP contribution in [0.25, 0.3) is 11.0 Å². The van der Waals surface area contributed by atoms with Gasteiger partial charge in [0.2, 0.25) is 0 Å². The summed E-state index contributed by atoms with van der Waals surface area (Å²) in [4.78, 5) is 25.8. The highest BCUT2D eigenvalue weighted by Crippen LogP contribution is 2.44. The van der Waals surface area contributed by atoms with Crippen LogP contribution >= 0.6 is 0 Å². The number of hydrazone groups is 1. The summed E-state index contributed by atoms with van der Waals surface area (Å²) in [6, 6.07) is 8.40. The van der Waals surface area contributed by atoms with E-state index < -0.39 is 10.8 Å². The summed E-state index contributed by atoms with van der Waals surface area (Å²) in [5.41, 5.74) is 7.25. The van der Waals surface area contributed by atoms with Gasteiger partial charge in [-0.15, -0.1) is 0 Å². The maximum absolute atomic E-state index is 12.7. The van der Waals surface area contributed by atoms with E-state index in [1.165, 1.54) is 36.6 Å². The number of hydrogen-bond donors (Lipinski definition) is 1. The zero-order valence-corrected chi connectivity index (χ0v) is 21.5. The molecule has 9 heteroatoms. The quantitative estimate of drug-likeness (QED) is 0.249. The van der Waals surface area contributed by atoms with Gasteiger partial charge in [0.25, 0.3) is 5.69 Å². The van der Waals surface area contributed by atoms with Crippen LogP contribution in [0.3, 0.4) is 0 Å². The highest BCUT2D eigenvalue weighted by molar-refractivity contribution is 5.98. The second-order valence-electron chi connectivity index (χ2n) is 9.97. The minimum absolute atomic E-state index is 0.0193. The average molecular weight is 493 g/mol. The van der Waals surface area contributed by atoms with Crippen LogP contribution in [0.15, 0.2) is 39.9 Å². The van der Waals surface area contributed by atoms with Gasteiger partial charge in [-0.2, -0.15) is 5.10 Å². The van der Waals surface area contributed by atoms with E-state index in [0.29, 0.717) is 11.3 Å². The fourth-order valence-electron chi connectivity index (χ4n) is 5.13. The van der Waals surface area contributed by atoms with Crippen LogP contribution in [0.1, 0.15) is 73.7 Å². The van der Waals surface area contributed by atoms with Crippen LogP contribution in [-0.4, -0.2) is 36.2 Å². The number of rotatable bonds is 7. The van der Waals surface area contributed by atoms with Gasteiger partial charge in [0, 0.05) is 29.2 Å². The van der Waals surface area contributed by atoms with E-state index in [4.69, 9.17) is 9.15 Å². The third-order valence-corrected chi connectivity index (χ3v) is 6.81. The first-order chi connectivity index (χ1) is 17.1. The van der Waals surface area contributed by atoms with Gasteiger partial charge in [-0.3, -0.25) is 14.9 Å². The molecule has 1 amide bonds. The summed E-state index contributed by atoms with van der Waals surface area (Å²) in [6.45, 7) is 12.1. The molecule has 0 aliphatic carbocycles. The minimum atomic E-state index is -0.563. The van der Waals surface area contributed by atoms with Gasteiger partial charge < -0.3 is 14.1 Å². The zero-order valence-electron chi connectivity index (χ0n) is 21.5. The van der Waals surface area contributed by atoms with Crippen LogP contribution in [0.5, 0.6) is 5.75 Å². The average Bonchev–Trinajstić information content (AvgIpc) is 3.26. The summed E-state index contributed by atoms with van der Waals surface area (Å²) in [5, 5.41) is 15.7. The first-order valence-electron chi connectivity index (χ1n) is 12.1. The zero-order chi connectivity index (χ0) is 26.2. The molecule has 1 aromatic heterocycles. The first kappa shape index (κ1) is 25.2. The lowest BCUT2D eigenvalue weighted by Gasteiger charge is -2.48. The van der Waals surface area contributed by atoms with Crippen LogP contribution in [0, 0.1) is 17.0 Å². The molecule has 36 heavy (non-hydrogen) atoms. The van der Waals surface area contributed by atoms with Gasteiger partial charge in [-0.25, -0.2) is 5.43 Å². The Morgan fingerprint density at radius 3 is 2.75 bits per heavy atom. The number of aryl methyl sites for hydroxylation is 1. The van der Waals surface area contributed by atoms with E-state index in [1.807, 2.05) is 6.92 Å². The maximum atomic E-state index is 12.7. The van der Waals surface area contributed by atoms with Crippen molar-refractivity contribution in [2.75, 3.05) is 18.6 Å². The lowest BCUT2D eigenvalue weighted by Crippen LogP contribution is -2.48. The Morgan fingerprint density at radius 1 is 1.33 bits per heavy atom. The van der Waals surface area contributed by atoms with Crippen molar-refractivity contribution in [3.8, 4) is 5.75 Å². The monoisotopic (exact) mass is 492 g/mol. The highest BCUT2D eigenvalue weighted by Gasteiger charge is 2.36. The van der Waals surface area contributed by atoms with Crippen molar-refractivity contribution in [1.82, 2.24) is 5.43 Å². The molecule has 1 atom stereocenters. The fraction of sp³-hybridized carbons (Fsp3) is 0.407.